The van der Waals surface area contributed by atoms with E-state index in [1.807, 2.05) is 24.5 Å². The lowest BCUT2D eigenvalue weighted by atomic mass is 9.84. The van der Waals surface area contributed by atoms with Gasteiger partial charge in [-0.05, 0) is 56.3 Å². The molecule has 0 amide bonds. The third-order valence-corrected chi connectivity index (χ3v) is 10.5. The van der Waals surface area contributed by atoms with Crippen LogP contribution in [0.4, 0.5) is 10.7 Å². The molecule has 1 aliphatic carbocycles. The number of hydrogen-bond acceptors (Lipinski definition) is 8. The van der Waals surface area contributed by atoms with Crippen LogP contribution in [0.15, 0.2) is 24.5 Å². The Kier molecular flexibility index (Phi) is 8.59. The molecule has 11 heteroatoms. The Morgan fingerprint density at radius 3 is 2.54 bits per heavy atom. The van der Waals surface area contributed by atoms with Crippen LogP contribution < -0.4 is 4.90 Å². The third-order valence-electron chi connectivity index (χ3n) is 8.42. The minimum atomic E-state index is -1.38. The first-order valence-corrected chi connectivity index (χ1v) is 18.4. The summed E-state index contributed by atoms with van der Waals surface area (Å²) in [5.74, 6) is -0.686. The molecule has 5 rings (SSSR count). The van der Waals surface area contributed by atoms with Crippen molar-refractivity contribution in [1.82, 2.24) is 9.55 Å². The highest BCUT2D eigenvalue weighted by Gasteiger charge is 2.44. The van der Waals surface area contributed by atoms with Gasteiger partial charge in [0.1, 0.15) is 9.88 Å². The predicted octanol–water partition coefficient (Wildman–Crippen LogP) is 7.35. The van der Waals surface area contributed by atoms with E-state index in [9.17, 15) is 14.9 Å². The van der Waals surface area contributed by atoms with Gasteiger partial charge in [-0.15, -0.1) is 11.3 Å². The zero-order valence-corrected chi connectivity index (χ0v) is 27.0. The van der Waals surface area contributed by atoms with E-state index in [0.29, 0.717) is 28.0 Å². The fourth-order valence-corrected chi connectivity index (χ4v) is 9.13. The van der Waals surface area contributed by atoms with Crippen LogP contribution in [-0.2, 0) is 9.16 Å². The second kappa shape index (κ2) is 11.8. The van der Waals surface area contributed by atoms with Gasteiger partial charge in [0.2, 0.25) is 0 Å². The summed E-state index contributed by atoms with van der Waals surface area (Å²) in [6.07, 6.45) is 9.67. The van der Waals surface area contributed by atoms with Gasteiger partial charge in [0.15, 0.2) is 14.6 Å². The Bertz CT molecular complexity index is 1420. The monoisotopic (exact) mass is 598 g/mol. The van der Waals surface area contributed by atoms with Crippen LogP contribution in [0.25, 0.3) is 21.5 Å². The van der Waals surface area contributed by atoms with E-state index in [1.54, 1.807) is 0 Å². The molecular formula is C30H42N4O5SSi. The molecule has 3 aromatic rings. The van der Waals surface area contributed by atoms with E-state index in [0.717, 1.165) is 36.7 Å². The zero-order chi connectivity index (χ0) is 29.5. The molecule has 2 atom stereocenters. The number of imidazole rings is 1. The molecule has 222 valence electrons. The van der Waals surface area contributed by atoms with Gasteiger partial charge in [-0.2, -0.15) is 0 Å². The second-order valence-corrected chi connectivity index (χ2v) is 16.1. The number of anilines is 1. The van der Waals surface area contributed by atoms with Crippen LogP contribution in [0.5, 0.6) is 0 Å². The highest BCUT2D eigenvalue weighted by atomic mass is 32.1. The largest absolute Gasteiger partial charge is 0.465 e. The zero-order valence-electron chi connectivity index (χ0n) is 25.0. The topological polar surface area (TPSA) is 99.7 Å². The lowest BCUT2D eigenvalue weighted by Gasteiger charge is -2.41. The molecule has 9 nitrogen and oxygen atoms in total. The molecule has 1 aliphatic heterocycles. The fourth-order valence-electron chi connectivity index (χ4n) is 6.62. The van der Waals surface area contributed by atoms with Crippen molar-refractivity contribution < 1.29 is 18.9 Å². The first-order valence-electron chi connectivity index (χ1n) is 14.8. The maximum absolute atomic E-state index is 13.2. The quantitative estimate of drug-likeness (QED) is 0.116. The SMILES string of the molecule is COC(=O)c1c(N2CCC[C@H]2C(O[SiH](C)C)C(C)(C)C)sc(-c2ccc3c(c2)ncn3C2CCCCC2)c1[N+](=O)[O-]. The molecule has 0 spiro atoms. The molecule has 0 bridgehead atoms. The van der Waals surface area contributed by atoms with Gasteiger partial charge in [0, 0.05) is 18.2 Å². The third kappa shape index (κ3) is 5.81. The molecule has 0 radical (unpaired) electrons. The fraction of sp³-hybridized carbons (Fsp3) is 0.600. The summed E-state index contributed by atoms with van der Waals surface area (Å²) in [5.41, 5.74) is 2.24. The van der Waals surface area contributed by atoms with E-state index in [-0.39, 0.29) is 28.8 Å². The lowest BCUT2D eigenvalue weighted by Crippen LogP contribution is -2.49. The number of nitro groups is 1. The summed E-state index contributed by atoms with van der Waals surface area (Å²) < 4.78 is 14.0. The summed E-state index contributed by atoms with van der Waals surface area (Å²) >= 11 is 1.31. The molecule has 2 aliphatic rings. The summed E-state index contributed by atoms with van der Waals surface area (Å²) in [6.45, 7) is 11.6. The minimum absolute atomic E-state index is 0.00748. The Morgan fingerprint density at radius 2 is 1.90 bits per heavy atom. The highest BCUT2D eigenvalue weighted by Crippen LogP contribution is 2.50. The second-order valence-electron chi connectivity index (χ2n) is 12.7. The highest BCUT2D eigenvalue weighted by molar-refractivity contribution is 7.20. The molecule has 0 N–H and O–H groups in total. The maximum atomic E-state index is 13.2. The van der Waals surface area contributed by atoms with Gasteiger partial charge >= 0.3 is 11.7 Å². The van der Waals surface area contributed by atoms with Crippen molar-refractivity contribution in [2.75, 3.05) is 18.6 Å². The number of esters is 1. The number of rotatable bonds is 8. The number of benzene rings is 1. The van der Waals surface area contributed by atoms with E-state index in [1.165, 1.54) is 37.7 Å². The summed E-state index contributed by atoms with van der Waals surface area (Å²) in [5, 5.41) is 13.2. The van der Waals surface area contributed by atoms with Crippen LogP contribution in [-0.4, -0.2) is 55.3 Å². The van der Waals surface area contributed by atoms with E-state index >= 15 is 0 Å². The minimum Gasteiger partial charge on any atom is -0.465 e. The number of nitrogens with zero attached hydrogens (tertiary/aromatic N) is 4. The van der Waals surface area contributed by atoms with Crippen LogP contribution in [0.1, 0.15) is 82.1 Å². The molecule has 1 saturated heterocycles. The molecule has 3 heterocycles. The molecule has 1 aromatic carbocycles. The molecular weight excluding hydrogens is 557 g/mol. The molecule has 2 fully saturated rings. The number of fused-ring (bicyclic) bond motifs is 1. The molecule has 41 heavy (non-hydrogen) atoms. The van der Waals surface area contributed by atoms with Crippen molar-refractivity contribution in [2.45, 2.75) is 97.0 Å². The number of hydrogen-bond donors (Lipinski definition) is 0. The normalized spacial score (nSPS) is 19.3. The smallest absolute Gasteiger partial charge is 0.347 e. The van der Waals surface area contributed by atoms with E-state index < -0.39 is 19.9 Å². The van der Waals surface area contributed by atoms with E-state index in [2.05, 4.69) is 48.3 Å². The first kappa shape index (κ1) is 29.7. The number of thiophene rings is 1. The average Bonchev–Trinajstić information content (AvgIpc) is 3.67. The lowest BCUT2D eigenvalue weighted by molar-refractivity contribution is -0.384. The van der Waals surface area contributed by atoms with Gasteiger partial charge in [0.05, 0.1) is 41.5 Å². The van der Waals surface area contributed by atoms with Crippen molar-refractivity contribution in [1.29, 1.82) is 0 Å². The maximum Gasteiger partial charge on any atom is 0.347 e. The first-order chi connectivity index (χ1) is 19.5. The van der Waals surface area contributed by atoms with Crippen molar-refractivity contribution in [3.05, 3.63) is 40.2 Å². The van der Waals surface area contributed by atoms with Gasteiger partial charge in [-0.1, -0.05) is 46.1 Å². The van der Waals surface area contributed by atoms with Crippen molar-refractivity contribution in [3.8, 4) is 10.4 Å². The number of methoxy groups -OCH3 is 1. The Balaban J connectivity index is 1.62. The number of carbonyl (C=O) groups is 1. The molecule has 1 unspecified atom stereocenters. The van der Waals surface area contributed by atoms with Crippen LogP contribution >= 0.6 is 11.3 Å². The molecule has 2 aromatic heterocycles. The van der Waals surface area contributed by atoms with Crippen molar-refractivity contribution in [3.63, 3.8) is 0 Å². The summed E-state index contributed by atoms with van der Waals surface area (Å²) in [4.78, 5) is 32.7. The Hall–Kier alpha value is -2.76. The number of aromatic nitrogens is 2. The van der Waals surface area contributed by atoms with Crippen LogP contribution in [0, 0.1) is 15.5 Å². The average molecular weight is 599 g/mol. The van der Waals surface area contributed by atoms with Crippen molar-refractivity contribution >= 4 is 48.1 Å². The Morgan fingerprint density at radius 1 is 1.17 bits per heavy atom. The van der Waals surface area contributed by atoms with Gasteiger partial charge < -0.3 is 18.6 Å². The number of carbonyl (C=O) groups excluding carboxylic acids is 1. The molecule has 1 saturated carbocycles. The van der Waals surface area contributed by atoms with Crippen LogP contribution in [0.3, 0.4) is 0 Å². The van der Waals surface area contributed by atoms with Gasteiger partial charge in [-0.25, -0.2) is 9.78 Å². The van der Waals surface area contributed by atoms with Crippen molar-refractivity contribution in [2.24, 2.45) is 5.41 Å². The summed E-state index contributed by atoms with van der Waals surface area (Å²) in [6, 6.07) is 6.31. The Labute approximate surface area is 247 Å². The van der Waals surface area contributed by atoms with Gasteiger partial charge in [-0.3, -0.25) is 10.1 Å². The van der Waals surface area contributed by atoms with Crippen LogP contribution in [0.2, 0.25) is 13.1 Å². The standard InChI is InChI=1S/C30H42N4O5SSi/c1-30(2,3)27(39-41(5)6)23-13-10-16-32(23)28-24(29(35)38-4)25(34(36)37)26(40-28)19-14-15-22-21(17-19)31-18-33(22)20-11-8-7-9-12-20/h14-15,17-18,20,23,27,41H,7-13,16H2,1-6H3/t23-,27?/m0/s1. The van der Waals surface area contributed by atoms with Gasteiger partial charge in [0.25, 0.3) is 0 Å². The number of ether oxygens (including phenoxy) is 1. The predicted molar refractivity (Wildman–Crippen MR) is 167 cm³/mol. The van der Waals surface area contributed by atoms with E-state index in [4.69, 9.17) is 9.16 Å². The summed E-state index contributed by atoms with van der Waals surface area (Å²) in [7, 11) is -0.0972.